The van der Waals surface area contributed by atoms with E-state index in [1.807, 2.05) is 0 Å². The van der Waals surface area contributed by atoms with Gasteiger partial charge in [-0.05, 0) is 56.6 Å². The van der Waals surface area contributed by atoms with Crippen LogP contribution in [0.3, 0.4) is 0 Å². The monoisotopic (exact) mass is 211 g/mol. The van der Waals surface area contributed by atoms with E-state index in [0.29, 0.717) is 4.75 Å². The summed E-state index contributed by atoms with van der Waals surface area (Å²) in [6.45, 7) is 3.70. The molecule has 0 aromatic rings. The molecule has 0 aromatic heterocycles. The van der Waals surface area contributed by atoms with Gasteiger partial charge in [-0.25, -0.2) is 0 Å². The van der Waals surface area contributed by atoms with E-state index in [-0.39, 0.29) is 0 Å². The molecule has 0 aromatic carbocycles. The van der Waals surface area contributed by atoms with Crippen LogP contribution >= 0.6 is 11.8 Å². The number of thioether (sulfide) groups is 1. The van der Waals surface area contributed by atoms with Gasteiger partial charge in [0.05, 0.1) is 0 Å². The maximum atomic E-state index is 3.83. The van der Waals surface area contributed by atoms with Gasteiger partial charge in [-0.3, -0.25) is 0 Å². The molecule has 0 amide bonds. The van der Waals surface area contributed by atoms with Crippen LogP contribution in [-0.2, 0) is 0 Å². The van der Waals surface area contributed by atoms with Crippen molar-refractivity contribution in [2.24, 2.45) is 11.8 Å². The standard InChI is InChI=1S/C12H21NS/c1-12(5-2-6-14-12)8-13-11-4-3-9-7-10(9)11/h9-11,13H,2-8H2,1H3/t9-,10+,11?,12?/m1/s1. The third kappa shape index (κ3) is 1.71. The Kier molecular flexibility index (Phi) is 2.32. The highest BCUT2D eigenvalue weighted by molar-refractivity contribution is 8.00. The van der Waals surface area contributed by atoms with Gasteiger partial charge in [-0.15, -0.1) is 0 Å². The predicted molar refractivity (Wildman–Crippen MR) is 62.7 cm³/mol. The van der Waals surface area contributed by atoms with E-state index >= 15 is 0 Å². The predicted octanol–water partition coefficient (Wildman–Crippen LogP) is 2.66. The van der Waals surface area contributed by atoms with Crippen LogP contribution in [0.5, 0.6) is 0 Å². The van der Waals surface area contributed by atoms with E-state index in [2.05, 4.69) is 24.0 Å². The van der Waals surface area contributed by atoms with Gasteiger partial charge in [0.25, 0.3) is 0 Å². The fourth-order valence-corrected chi connectivity index (χ4v) is 4.54. The molecule has 1 saturated heterocycles. The van der Waals surface area contributed by atoms with Crippen molar-refractivity contribution in [3.05, 3.63) is 0 Å². The van der Waals surface area contributed by atoms with Crippen molar-refractivity contribution >= 4 is 11.8 Å². The Hall–Kier alpha value is 0.310. The molecule has 3 rings (SSSR count). The van der Waals surface area contributed by atoms with Gasteiger partial charge in [0.2, 0.25) is 0 Å². The molecule has 4 atom stereocenters. The zero-order chi connectivity index (χ0) is 9.60. The van der Waals surface area contributed by atoms with Crippen LogP contribution in [0, 0.1) is 11.8 Å². The molecule has 1 aliphatic heterocycles. The molecule has 2 saturated carbocycles. The van der Waals surface area contributed by atoms with Gasteiger partial charge in [0, 0.05) is 17.3 Å². The summed E-state index contributed by atoms with van der Waals surface area (Å²) in [7, 11) is 0. The van der Waals surface area contributed by atoms with E-state index < -0.39 is 0 Å². The van der Waals surface area contributed by atoms with Gasteiger partial charge in [-0.1, -0.05) is 0 Å². The van der Waals surface area contributed by atoms with Gasteiger partial charge in [0.1, 0.15) is 0 Å². The van der Waals surface area contributed by atoms with Crippen LogP contribution in [0.25, 0.3) is 0 Å². The van der Waals surface area contributed by atoms with E-state index in [9.17, 15) is 0 Å². The number of fused-ring (bicyclic) bond motifs is 1. The van der Waals surface area contributed by atoms with Crippen molar-refractivity contribution < 1.29 is 0 Å². The Labute approximate surface area is 91.4 Å². The SMILES string of the molecule is CC1(CNC2CC[C@@H]3C[C@H]23)CCCS1. The first-order chi connectivity index (χ1) is 6.77. The van der Waals surface area contributed by atoms with Gasteiger partial charge >= 0.3 is 0 Å². The minimum Gasteiger partial charge on any atom is -0.312 e. The molecule has 80 valence electrons. The van der Waals surface area contributed by atoms with Crippen LogP contribution in [0.4, 0.5) is 0 Å². The Bertz CT molecular complexity index is 222. The van der Waals surface area contributed by atoms with E-state index in [1.165, 1.54) is 44.4 Å². The van der Waals surface area contributed by atoms with Crippen molar-refractivity contribution in [1.82, 2.24) is 5.32 Å². The van der Waals surface area contributed by atoms with E-state index in [1.54, 1.807) is 0 Å². The fraction of sp³-hybridized carbons (Fsp3) is 1.00. The smallest absolute Gasteiger partial charge is 0.0256 e. The number of rotatable bonds is 3. The third-order valence-electron chi connectivity index (χ3n) is 4.38. The molecule has 3 aliphatic rings. The highest BCUT2D eigenvalue weighted by Gasteiger charge is 2.48. The Morgan fingerprint density at radius 1 is 1.43 bits per heavy atom. The molecule has 3 fully saturated rings. The first kappa shape index (κ1) is 9.53. The molecule has 2 heteroatoms. The molecule has 0 radical (unpaired) electrons. The van der Waals surface area contributed by atoms with Crippen molar-refractivity contribution in [2.75, 3.05) is 12.3 Å². The lowest BCUT2D eigenvalue weighted by atomic mass is 10.0. The van der Waals surface area contributed by atoms with Crippen LogP contribution in [0.1, 0.15) is 39.0 Å². The minimum absolute atomic E-state index is 0.562. The average molecular weight is 211 g/mol. The second kappa shape index (κ2) is 3.41. The first-order valence-corrected chi connectivity index (χ1v) is 7.13. The first-order valence-electron chi connectivity index (χ1n) is 6.14. The number of nitrogens with one attached hydrogen (secondary N) is 1. The molecule has 1 heterocycles. The molecule has 0 bridgehead atoms. The topological polar surface area (TPSA) is 12.0 Å². The fourth-order valence-electron chi connectivity index (χ4n) is 3.28. The summed E-state index contributed by atoms with van der Waals surface area (Å²) < 4.78 is 0.562. The Balaban J connectivity index is 1.49. The summed E-state index contributed by atoms with van der Waals surface area (Å²) in [4.78, 5) is 0. The maximum Gasteiger partial charge on any atom is 0.0256 e. The lowest BCUT2D eigenvalue weighted by Gasteiger charge is -2.26. The molecule has 14 heavy (non-hydrogen) atoms. The second-order valence-electron chi connectivity index (χ2n) is 5.63. The molecule has 1 nitrogen and oxygen atoms in total. The molecular weight excluding hydrogens is 190 g/mol. The van der Waals surface area contributed by atoms with Crippen LogP contribution < -0.4 is 5.32 Å². The highest BCUT2D eigenvalue weighted by Crippen LogP contribution is 2.52. The van der Waals surface area contributed by atoms with Crippen molar-refractivity contribution in [3.8, 4) is 0 Å². The van der Waals surface area contributed by atoms with E-state index in [0.717, 1.165) is 17.9 Å². The summed E-state index contributed by atoms with van der Waals surface area (Å²) in [5, 5.41) is 3.83. The molecule has 1 N–H and O–H groups in total. The number of hydrogen-bond acceptors (Lipinski definition) is 2. The van der Waals surface area contributed by atoms with E-state index in [4.69, 9.17) is 0 Å². The normalized spacial score (nSPS) is 50.8. The summed E-state index contributed by atoms with van der Waals surface area (Å²) in [6, 6.07) is 0.887. The highest BCUT2D eigenvalue weighted by atomic mass is 32.2. The zero-order valence-corrected chi connectivity index (χ0v) is 9.91. The third-order valence-corrected chi connectivity index (χ3v) is 5.92. The zero-order valence-electron chi connectivity index (χ0n) is 9.09. The summed E-state index contributed by atoms with van der Waals surface area (Å²) in [5.74, 6) is 3.58. The maximum absolute atomic E-state index is 3.83. The summed E-state index contributed by atoms with van der Waals surface area (Å²) in [5.41, 5.74) is 0. The number of hydrogen-bond donors (Lipinski definition) is 1. The minimum atomic E-state index is 0.562. The molecule has 2 aliphatic carbocycles. The molecular formula is C12H21NS. The van der Waals surface area contributed by atoms with Crippen LogP contribution in [-0.4, -0.2) is 23.1 Å². The second-order valence-corrected chi connectivity index (χ2v) is 7.31. The summed E-state index contributed by atoms with van der Waals surface area (Å²) >= 11 is 2.18. The average Bonchev–Trinajstić information content (AvgIpc) is 2.66. The molecule has 0 spiro atoms. The Morgan fingerprint density at radius 3 is 2.93 bits per heavy atom. The van der Waals surface area contributed by atoms with Crippen molar-refractivity contribution in [3.63, 3.8) is 0 Å². The summed E-state index contributed by atoms with van der Waals surface area (Å²) in [6.07, 6.45) is 7.34. The van der Waals surface area contributed by atoms with Crippen LogP contribution in [0.15, 0.2) is 0 Å². The van der Waals surface area contributed by atoms with Gasteiger partial charge in [0.15, 0.2) is 0 Å². The van der Waals surface area contributed by atoms with Gasteiger partial charge in [-0.2, -0.15) is 11.8 Å². The molecule has 2 unspecified atom stereocenters. The lowest BCUT2D eigenvalue weighted by Crippen LogP contribution is -2.39. The van der Waals surface area contributed by atoms with Crippen molar-refractivity contribution in [2.45, 2.75) is 49.8 Å². The quantitative estimate of drug-likeness (QED) is 0.770. The Morgan fingerprint density at radius 2 is 2.36 bits per heavy atom. The lowest BCUT2D eigenvalue weighted by molar-refractivity contribution is 0.435. The van der Waals surface area contributed by atoms with Crippen LogP contribution in [0.2, 0.25) is 0 Å². The van der Waals surface area contributed by atoms with Crippen molar-refractivity contribution in [1.29, 1.82) is 0 Å². The largest absolute Gasteiger partial charge is 0.312 e. The van der Waals surface area contributed by atoms with Gasteiger partial charge < -0.3 is 5.32 Å².